The number of aliphatic carboxylic acids is 1. The minimum Gasteiger partial charge on any atom is -0.493 e. The summed E-state index contributed by atoms with van der Waals surface area (Å²) in [5.74, 6) is 1.19. The normalized spacial score (nSPS) is 15.8. The van der Waals surface area contributed by atoms with Gasteiger partial charge in [-0.15, -0.1) is 0 Å². The van der Waals surface area contributed by atoms with Crippen molar-refractivity contribution in [2.24, 2.45) is 5.92 Å². The summed E-state index contributed by atoms with van der Waals surface area (Å²) < 4.78 is 11.7. The van der Waals surface area contributed by atoms with Crippen LogP contribution in [0.2, 0.25) is 0 Å². The van der Waals surface area contributed by atoms with E-state index >= 15 is 0 Å². The largest absolute Gasteiger partial charge is 0.493 e. The molecule has 1 aliphatic rings. The van der Waals surface area contributed by atoms with E-state index in [0.29, 0.717) is 49.1 Å². The average molecular weight is 481 g/mol. The van der Waals surface area contributed by atoms with Gasteiger partial charge in [-0.05, 0) is 67.5 Å². The number of hydrogen-bond donors (Lipinski definition) is 1. The molecule has 7 nitrogen and oxygen atoms in total. The standard InChI is InChI=1S/C28H36N2O5/c1-5-6-7-11-26(31)30-16-14-21-12-13-22(18-23(21)27(30)28(32)33)34-17-15-24-20(4)35-25(29-24)10-8-9-19(2)3/h7-8,10-13,18-19,27H,5-6,9,14-17H2,1-4H3,(H,32,33)/b10-8+,11-7?. The zero-order valence-corrected chi connectivity index (χ0v) is 21.1. The van der Waals surface area contributed by atoms with Crippen LogP contribution in [0.4, 0.5) is 0 Å². The maximum absolute atomic E-state index is 12.7. The number of hydrogen-bond acceptors (Lipinski definition) is 5. The Morgan fingerprint density at radius 1 is 1.31 bits per heavy atom. The highest BCUT2D eigenvalue weighted by Gasteiger charge is 2.35. The molecule has 0 bridgehead atoms. The summed E-state index contributed by atoms with van der Waals surface area (Å²) in [4.78, 5) is 30.8. The smallest absolute Gasteiger partial charge is 0.331 e. The minimum absolute atomic E-state index is 0.275. The molecule has 1 aromatic heterocycles. The van der Waals surface area contributed by atoms with E-state index in [1.54, 1.807) is 12.1 Å². The molecule has 0 aliphatic carbocycles. The Balaban J connectivity index is 1.67. The van der Waals surface area contributed by atoms with Crippen molar-refractivity contribution in [1.29, 1.82) is 0 Å². The number of oxazole rings is 1. The van der Waals surface area contributed by atoms with Gasteiger partial charge in [0.25, 0.3) is 0 Å². The second kappa shape index (κ2) is 12.4. The van der Waals surface area contributed by atoms with E-state index < -0.39 is 12.0 Å². The van der Waals surface area contributed by atoms with Crippen LogP contribution >= 0.6 is 0 Å². The summed E-state index contributed by atoms with van der Waals surface area (Å²) in [6.45, 7) is 8.99. The van der Waals surface area contributed by atoms with E-state index in [1.807, 2.05) is 32.1 Å². The van der Waals surface area contributed by atoms with Crippen molar-refractivity contribution >= 4 is 18.0 Å². The van der Waals surface area contributed by atoms with Gasteiger partial charge >= 0.3 is 5.97 Å². The second-order valence-electron chi connectivity index (χ2n) is 9.26. The lowest BCUT2D eigenvalue weighted by molar-refractivity contribution is -0.149. The molecule has 3 rings (SSSR count). The summed E-state index contributed by atoms with van der Waals surface area (Å²) >= 11 is 0. The number of rotatable bonds is 11. The minimum atomic E-state index is -1.04. The molecular formula is C28H36N2O5. The molecule has 2 aromatic rings. The third-order valence-electron chi connectivity index (χ3n) is 5.96. The van der Waals surface area contributed by atoms with E-state index in [4.69, 9.17) is 9.15 Å². The van der Waals surface area contributed by atoms with E-state index in [9.17, 15) is 14.7 Å². The van der Waals surface area contributed by atoms with Crippen molar-refractivity contribution in [2.45, 2.75) is 65.8 Å². The fourth-order valence-corrected chi connectivity index (χ4v) is 4.09. The first-order valence-electron chi connectivity index (χ1n) is 12.4. The number of benzene rings is 1. The van der Waals surface area contributed by atoms with E-state index in [0.717, 1.165) is 36.3 Å². The van der Waals surface area contributed by atoms with Crippen molar-refractivity contribution in [3.63, 3.8) is 0 Å². The monoisotopic (exact) mass is 480 g/mol. The van der Waals surface area contributed by atoms with Crippen molar-refractivity contribution in [1.82, 2.24) is 9.88 Å². The second-order valence-corrected chi connectivity index (χ2v) is 9.26. The quantitative estimate of drug-likeness (QED) is 0.425. The summed E-state index contributed by atoms with van der Waals surface area (Å²) in [5.41, 5.74) is 2.37. The van der Waals surface area contributed by atoms with Crippen molar-refractivity contribution in [3.05, 3.63) is 64.9 Å². The molecule has 2 heterocycles. The Morgan fingerprint density at radius 2 is 2.11 bits per heavy atom. The number of carbonyl (C=O) groups excluding carboxylic acids is 1. The fourth-order valence-electron chi connectivity index (χ4n) is 4.09. The van der Waals surface area contributed by atoms with Gasteiger partial charge in [-0.2, -0.15) is 0 Å². The maximum atomic E-state index is 12.7. The number of amides is 1. The first-order valence-corrected chi connectivity index (χ1v) is 12.4. The molecule has 1 amide bonds. The van der Waals surface area contributed by atoms with Crippen LogP contribution in [0.5, 0.6) is 5.75 Å². The molecule has 188 valence electrons. The highest BCUT2D eigenvalue weighted by Crippen LogP contribution is 2.33. The van der Waals surface area contributed by atoms with E-state index in [2.05, 4.69) is 24.9 Å². The lowest BCUT2D eigenvalue weighted by Crippen LogP contribution is -2.42. The van der Waals surface area contributed by atoms with Gasteiger partial charge in [-0.3, -0.25) is 4.79 Å². The van der Waals surface area contributed by atoms with Crippen LogP contribution in [0.1, 0.15) is 74.5 Å². The van der Waals surface area contributed by atoms with Crippen LogP contribution < -0.4 is 4.74 Å². The molecule has 0 spiro atoms. The zero-order valence-electron chi connectivity index (χ0n) is 21.1. The van der Waals surface area contributed by atoms with E-state index in [1.165, 1.54) is 11.0 Å². The Morgan fingerprint density at radius 3 is 2.83 bits per heavy atom. The van der Waals surface area contributed by atoms with Gasteiger partial charge in [0.15, 0.2) is 6.04 Å². The molecule has 1 aliphatic heterocycles. The first-order chi connectivity index (χ1) is 16.8. The Bertz CT molecular complexity index is 1080. The molecule has 35 heavy (non-hydrogen) atoms. The molecule has 1 atom stereocenters. The van der Waals surface area contributed by atoms with Crippen molar-refractivity contribution in [2.75, 3.05) is 13.2 Å². The molecule has 1 N–H and O–H groups in total. The number of nitrogens with zero attached hydrogens (tertiary/aromatic N) is 2. The number of aryl methyl sites for hydroxylation is 1. The molecule has 0 radical (unpaired) electrons. The number of carbonyl (C=O) groups is 2. The molecule has 0 saturated carbocycles. The molecular weight excluding hydrogens is 444 g/mol. The van der Waals surface area contributed by atoms with Crippen LogP contribution in [-0.4, -0.2) is 40.0 Å². The molecule has 1 unspecified atom stereocenters. The SMILES string of the molecule is CCCC=CC(=O)N1CCc2ccc(OCCc3nc(/C=C/CC(C)C)oc3C)cc2C1C(=O)O. The summed E-state index contributed by atoms with van der Waals surface area (Å²) in [6, 6.07) is 4.47. The molecule has 1 aromatic carbocycles. The highest BCUT2D eigenvalue weighted by atomic mass is 16.5. The summed E-state index contributed by atoms with van der Waals surface area (Å²) in [5, 5.41) is 9.93. The van der Waals surface area contributed by atoms with Gasteiger partial charge in [0.2, 0.25) is 11.8 Å². The van der Waals surface area contributed by atoms with Gasteiger partial charge in [0.05, 0.1) is 12.3 Å². The molecule has 0 fully saturated rings. The average Bonchev–Trinajstić information content (AvgIpc) is 3.16. The third-order valence-corrected chi connectivity index (χ3v) is 5.96. The Hall–Kier alpha value is -3.35. The van der Waals surface area contributed by atoms with Gasteiger partial charge in [0, 0.05) is 13.0 Å². The van der Waals surface area contributed by atoms with Crippen LogP contribution in [-0.2, 0) is 22.4 Å². The topological polar surface area (TPSA) is 92.9 Å². The number of aromatic nitrogens is 1. The predicted octanol–water partition coefficient (Wildman–Crippen LogP) is 5.53. The van der Waals surface area contributed by atoms with Gasteiger partial charge in [-0.25, -0.2) is 9.78 Å². The van der Waals surface area contributed by atoms with Gasteiger partial charge in [0.1, 0.15) is 11.5 Å². The summed E-state index contributed by atoms with van der Waals surface area (Å²) in [6.07, 6.45) is 11.1. The van der Waals surface area contributed by atoms with Gasteiger partial charge < -0.3 is 19.2 Å². The van der Waals surface area contributed by atoms with Crippen LogP contribution in [0.25, 0.3) is 6.08 Å². The van der Waals surface area contributed by atoms with Crippen molar-refractivity contribution in [3.8, 4) is 5.75 Å². The Kier molecular flexibility index (Phi) is 9.29. The van der Waals surface area contributed by atoms with Gasteiger partial charge in [-0.1, -0.05) is 45.4 Å². The highest BCUT2D eigenvalue weighted by molar-refractivity contribution is 5.92. The summed E-state index contributed by atoms with van der Waals surface area (Å²) in [7, 11) is 0. The first kappa shape index (κ1) is 26.3. The number of ether oxygens (including phenoxy) is 1. The third kappa shape index (κ3) is 7.07. The van der Waals surface area contributed by atoms with Crippen LogP contribution in [0, 0.1) is 12.8 Å². The number of allylic oxidation sites excluding steroid dienone is 2. The van der Waals surface area contributed by atoms with Crippen LogP contribution in [0.15, 0.2) is 40.8 Å². The number of carboxylic acid groups (broad SMARTS) is 1. The zero-order chi connectivity index (χ0) is 25.4. The number of carboxylic acids is 1. The lowest BCUT2D eigenvalue weighted by Gasteiger charge is -2.34. The number of unbranched alkanes of at least 4 members (excludes halogenated alkanes) is 1. The lowest BCUT2D eigenvalue weighted by atomic mass is 9.92. The van der Waals surface area contributed by atoms with Crippen molar-refractivity contribution < 1.29 is 23.8 Å². The Labute approximate surface area is 207 Å². The molecule has 7 heteroatoms. The predicted molar refractivity (Wildman–Crippen MR) is 135 cm³/mol. The van der Waals surface area contributed by atoms with E-state index in [-0.39, 0.29) is 5.91 Å². The fraction of sp³-hybridized carbons (Fsp3) is 0.464. The number of fused-ring (bicyclic) bond motifs is 1. The van der Waals surface area contributed by atoms with Crippen LogP contribution in [0.3, 0.4) is 0 Å². The molecule has 0 saturated heterocycles. The maximum Gasteiger partial charge on any atom is 0.331 e.